The number of benzene rings is 1. The number of hydrogen-bond donors (Lipinski definition) is 2. The van der Waals surface area contributed by atoms with Gasteiger partial charge >= 0.3 is 0 Å². The third-order valence-electron chi connectivity index (χ3n) is 4.76. The van der Waals surface area contributed by atoms with Crippen LogP contribution in [0, 0.1) is 0 Å². The second kappa shape index (κ2) is 7.21. The van der Waals surface area contributed by atoms with Gasteiger partial charge in [-0.25, -0.2) is 9.50 Å². The SMILES string of the molecule is COc1cccc(Nc2ncnn3ccc(OC4CCC(N)CC4)c23)c1. The highest BCUT2D eigenvalue weighted by Crippen LogP contribution is 2.32. The van der Waals surface area contributed by atoms with Crippen LogP contribution in [0.4, 0.5) is 11.5 Å². The summed E-state index contributed by atoms with van der Waals surface area (Å²) >= 11 is 0. The number of nitrogens with one attached hydrogen (secondary N) is 1. The molecule has 0 saturated heterocycles. The molecule has 0 unspecified atom stereocenters. The van der Waals surface area contributed by atoms with E-state index in [4.69, 9.17) is 15.2 Å². The molecule has 1 aliphatic rings. The Kier molecular flexibility index (Phi) is 4.62. The highest BCUT2D eigenvalue weighted by Gasteiger charge is 2.22. The summed E-state index contributed by atoms with van der Waals surface area (Å²) in [6.45, 7) is 0. The second-order valence-corrected chi connectivity index (χ2v) is 6.59. The van der Waals surface area contributed by atoms with Gasteiger partial charge in [0.1, 0.15) is 17.6 Å². The molecule has 7 heteroatoms. The summed E-state index contributed by atoms with van der Waals surface area (Å²) in [6, 6.07) is 9.96. The van der Waals surface area contributed by atoms with Gasteiger partial charge in [0, 0.05) is 30.1 Å². The van der Waals surface area contributed by atoms with Crippen molar-refractivity contribution >= 4 is 17.0 Å². The molecule has 1 saturated carbocycles. The smallest absolute Gasteiger partial charge is 0.162 e. The summed E-state index contributed by atoms with van der Waals surface area (Å²) in [4.78, 5) is 4.41. The van der Waals surface area contributed by atoms with E-state index in [1.54, 1.807) is 11.6 Å². The van der Waals surface area contributed by atoms with E-state index >= 15 is 0 Å². The number of hydrogen-bond acceptors (Lipinski definition) is 6. The zero-order valence-electron chi connectivity index (χ0n) is 14.8. The van der Waals surface area contributed by atoms with Crippen molar-refractivity contribution in [1.29, 1.82) is 0 Å². The molecule has 1 fully saturated rings. The van der Waals surface area contributed by atoms with Crippen molar-refractivity contribution in [2.75, 3.05) is 12.4 Å². The van der Waals surface area contributed by atoms with Crippen LogP contribution in [-0.4, -0.2) is 33.9 Å². The molecule has 1 aliphatic carbocycles. The topological polar surface area (TPSA) is 86.7 Å². The predicted octanol–water partition coefficient (Wildman–Crippen LogP) is 3.13. The van der Waals surface area contributed by atoms with Gasteiger partial charge in [-0.15, -0.1) is 0 Å². The van der Waals surface area contributed by atoms with Crippen molar-refractivity contribution in [2.24, 2.45) is 5.73 Å². The number of anilines is 2. The monoisotopic (exact) mass is 353 g/mol. The second-order valence-electron chi connectivity index (χ2n) is 6.59. The van der Waals surface area contributed by atoms with Crippen LogP contribution in [-0.2, 0) is 0 Å². The highest BCUT2D eigenvalue weighted by molar-refractivity contribution is 5.79. The first kappa shape index (κ1) is 16.7. The van der Waals surface area contributed by atoms with Crippen LogP contribution in [0.5, 0.6) is 11.5 Å². The zero-order chi connectivity index (χ0) is 17.9. The molecule has 2 aromatic heterocycles. The van der Waals surface area contributed by atoms with Crippen LogP contribution >= 0.6 is 0 Å². The van der Waals surface area contributed by atoms with Crippen molar-refractivity contribution in [3.63, 3.8) is 0 Å². The van der Waals surface area contributed by atoms with E-state index in [2.05, 4.69) is 15.4 Å². The number of aromatic nitrogens is 3. The zero-order valence-corrected chi connectivity index (χ0v) is 14.8. The van der Waals surface area contributed by atoms with E-state index in [9.17, 15) is 0 Å². The van der Waals surface area contributed by atoms with E-state index in [0.29, 0.717) is 11.9 Å². The fraction of sp³-hybridized carbons (Fsp3) is 0.368. The lowest BCUT2D eigenvalue weighted by Gasteiger charge is -2.26. The standard InChI is InChI=1S/C19H23N5O2/c1-25-16-4-2-3-14(11-16)23-19-18-17(9-10-24(18)22-12-21-19)26-15-7-5-13(20)6-8-15/h2-4,9-13,15H,5-8,20H2,1H3,(H,21,22,23). The van der Waals surface area contributed by atoms with E-state index in [1.807, 2.05) is 36.5 Å². The Morgan fingerprint density at radius 2 is 2.04 bits per heavy atom. The molecule has 1 aromatic carbocycles. The van der Waals surface area contributed by atoms with Crippen LogP contribution in [0.25, 0.3) is 5.52 Å². The van der Waals surface area contributed by atoms with E-state index in [1.165, 1.54) is 6.33 Å². The van der Waals surface area contributed by atoms with Crippen molar-refractivity contribution in [3.05, 3.63) is 42.9 Å². The van der Waals surface area contributed by atoms with E-state index in [0.717, 1.165) is 48.4 Å². The van der Waals surface area contributed by atoms with E-state index in [-0.39, 0.29) is 6.10 Å². The molecule has 0 atom stereocenters. The lowest BCUT2D eigenvalue weighted by atomic mass is 9.94. The number of fused-ring (bicyclic) bond motifs is 1. The van der Waals surface area contributed by atoms with Gasteiger partial charge in [-0.2, -0.15) is 5.10 Å². The lowest BCUT2D eigenvalue weighted by molar-refractivity contribution is 0.149. The summed E-state index contributed by atoms with van der Waals surface area (Å²) in [5.41, 5.74) is 7.71. The molecule has 0 aliphatic heterocycles. The maximum absolute atomic E-state index is 6.26. The van der Waals surface area contributed by atoms with Crippen LogP contribution < -0.4 is 20.5 Å². The molecule has 0 bridgehead atoms. The Morgan fingerprint density at radius 1 is 1.19 bits per heavy atom. The van der Waals surface area contributed by atoms with Gasteiger partial charge in [0.2, 0.25) is 0 Å². The summed E-state index contributed by atoms with van der Waals surface area (Å²) < 4.78 is 13.3. The van der Waals surface area contributed by atoms with Crippen LogP contribution in [0.15, 0.2) is 42.9 Å². The van der Waals surface area contributed by atoms with Crippen molar-refractivity contribution in [1.82, 2.24) is 14.6 Å². The third kappa shape index (κ3) is 3.43. The summed E-state index contributed by atoms with van der Waals surface area (Å²) in [5.74, 6) is 2.27. The average Bonchev–Trinajstić information content (AvgIpc) is 3.08. The normalized spacial score (nSPS) is 20.1. The Labute approximate surface area is 152 Å². The molecular weight excluding hydrogens is 330 g/mol. The average molecular weight is 353 g/mol. The molecule has 7 nitrogen and oxygen atoms in total. The number of nitrogens with zero attached hydrogens (tertiary/aromatic N) is 3. The molecular formula is C19H23N5O2. The Hall–Kier alpha value is -2.80. The first-order valence-electron chi connectivity index (χ1n) is 8.88. The summed E-state index contributed by atoms with van der Waals surface area (Å²) in [7, 11) is 1.65. The molecule has 3 N–H and O–H groups in total. The molecule has 136 valence electrons. The minimum absolute atomic E-state index is 0.186. The largest absolute Gasteiger partial charge is 0.497 e. The van der Waals surface area contributed by atoms with Gasteiger partial charge in [0.15, 0.2) is 11.6 Å². The van der Waals surface area contributed by atoms with Gasteiger partial charge in [0.25, 0.3) is 0 Å². The molecule has 0 radical (unpaired) electrons. The molecule has 2 heterocycles. The first-order valence-corrected chi connectivity index (χ1v) is 8.88. The van der Waals surface area contributed by atoms with Gasteiger partial charge in [-0.3, -0.25) is 0 Å². The van der Waals surface area contributed by atoms with Gasteiger partial charge in [0.05, 0.1) is 13.2 Å². The Balaban J connectivity index is 1.61. The first-order chi connectivity index (χ1) is 12.7. The van der Waals surface area contributed by atoms with E-state index < -0.39 is 0 Å². The minimum Gasteiger partial charge on any atom is -0.497 e. The molecule has 4 rings (SSSR count). The van der Waals surface area contributed by atoms with Crippen molar-refractivity contribution < 1.29 is 9.47 Å². The van der Waals surface area contributed by atoms with Crippen molar-refractivity contribution in [3.8, 4) is 11.5 Å². The lowest BCUT2D eigenvalue weighted by Crippen LogP contribution is -2.31. The van der Waals surface area contributed by atoms with Crippen molar-refractivity contribution in [2.45, 2.75) is 37.8 Å². The number of ether oxygens (including phenoxy) is 2. The third-order valence-corrected chi connectivity index (χ3v) is 4.76. The molecule has 0 spiro atoms. The maximum atomic E-state index is 6.26. The Bertz CT molecular complexity index is 887. The van der Waals surface area contributed by atoms with Crippen LogP contribution in [0.2, 0.25) is 0 Å². The Morgan fingerprint density at radius 3 is 2.85 bits per heavy atom. The summed E-state index contributed by atoms with van der Waals surface area (Å²) in [5, 5.41) is 7.62. The van der Waals surface area contributed by atoms with Gasteiger partial charge in [-0.05, 0) is 37.8 Å². The van der Waals surface area contributed by atoms with Crippen LogP contribution in [0.3, 0.4) is 0 Å². The quantitative estimate of drug-likeness (QED) is 0.733. The van der Waals surface area contributed by atoms with Crippen LogP contribution in [0.1, 0.15) is 25.7 Å². The summed E-state index contributed by atoms with van der Waals surface area (Å²) in [6.07, 6.45) is 7.56. The fourth-order valence-electron chi connectivity index (χ4n) is 3.34. The number of methoxy groups -OCH3 is 1. The maximum Gasteiger partial charge on any atom is 0.162 e. The number of nitrogens with two attached hydrogens (primary N) is 1. The number of rotatable bonds is 5. The molecule has 26 heavy (non-hydrogen) atoms. The molecule has 0 amide bonds. The molecule has 3 aromatic rings. The predicted molar refractivity (Wildman–Crippen MR) is 100 cm³/mol. The minimum atomic E-state index is 0.186. The fourth-order valence-corrected chi connectivity index (χ4v) is 3.34. The van der Waals surface area contributed by atoms with Gasteiger partial charge in [-0.1, -0.05) is 6.07 Å². The van der Waals surface area contributed by atoms with Gasteiger partial charge < -0.3 is 20.5 Å². The highest BCUT2D eigenvalue weighted by atomic mass is 16.5.